The number of non-ortho nitro benzene ring substituents is 1. The molecule has 0 saturated carbocycles. The van der Waals surface area contributed by atoms with Gasteiger partial charge in [0.15, 0.2) is 5.11 Å². The van der Waals surface area contributed by atoms with Gasteiger partial charge in [0.2, 0.25) is 0 Å². The SMILES string of the molecule is O=[N+]([O-])c1ccc(C2=NC(=S)NC(c3ccc(Cl)cc3Cl)C2)cc1. The molecule has 2 aromatic carbocycles. The van der Waals surface area contributed by atoms with Gasteiger partial charge in [-0.1, -0.05) is 29.3 Å². The summed E-state index contributed by atoms with van der Waals surface area (Å²) in [5.74, 6) is 0. The van der Waals surface area contributed by atoms with Crippen LogP contribution < -0.4 is 5.32 Å². The summed E-state index contributed by atoms with van der Waals surface area (Å²) in [6, 6.07) is 11.4. The average molecular weight is 380 g/mol. The van der Waals surface area contributed by atoms with E-state index in [1.807, 2.05) is 6.07 Å². The fourth-order valence-corrected chi connectivity index (χ4v) is 3.32. The van der Waals surface area contributed by atoms with E-state index in [9.17, 15) is 10.1 Å². The molecule has 5 nitrogen and oxygen atoms in total. The molecule has 1 aliphatic heterocycles. The molecule has 24 heavy (non-hydrogen) atoms. The van der Waals surface area contributed by atoms with Crippen molar-refractivity contribution in [3.63, 3.8) is 0 Å². The minimum atomic E-state index is -0.436. The van der Waals surface area contributed by atoms with E-state index in [1.165, 1.54) is 12.1 Å². The molecule has 1 unspecified atom stereocenters. The molecule has 0 bridgehead atoms. The largest absolute Gasteiger partial charge is 0.354 e. The van der Waals surface area contributed by atoms with Crippen LogP contribution in [0.15, 0.2) is 47.5 Å². The molecular weight excluding hydrogens is 369 g/mol. The van der Waals surface area contributed by atoms with Crippen molar-refractivity contribution in [2.75, 3.05) is 0 Å². The molecule has 0 saturated heterocycles. The highest BCUT2D eigenvalue weighted by atomic mass is 35.5. The van der Waals surface area contributed by atoms with Crippen molar-refractivity contribution < 1.29 is 4.92 Å². The van der Waals surface area contributed by atoms with Crippen LogP contribution in [-0.2, 0) is 0 Å². The lowest BCUT2D eigenvalue weighted by Gasteiger charge is -2.26. The van der Waals surface area contributed by atoms with E-state index in [2.05, 4.69) is 10.3 Å². The number of nitrogens with one attached hydrogen (secondary N) is 1. The Morgan fingerprint density at radius 3 is 2.54 bits per heavy atom. The van der Waals surface area contributed by atoms with Gasteiger partial charge in [-0.25, -0.2) is 4.99 Å². The van der Waals surface area contributed by atoms with Crippen molar-refractivity contribution in [2.24, 2.45) is 4.99 Å². The van der Waals surface area contributed by atoms with E-state index < -0.39 is 4.92 Å². The molecular formula is C16H11Cl2N3O2S. The Morgan fingerprint density at radius 1 is 1.21 bits per heavy atom. The lowest BCUT2D eigenvalue weighted by atomic mass is 9.96. The fourth-order valence-electron chi connectivity index (χ4n) is 2.52. The number of hydrogen-bond acceptors (Lipinski definition) is 3. The van der Waals surface area contributed by atoms with E-state index in [4.69, 9.17) is 35.4 Å². The van der Waals surface area contributed by atoms with Crippen molar-refractivity contribution in [3.05, 3.63) is 73.8 Å². The number of nitro groups is 1. The van der Waals surface area contributed by atoms with Crippen molar-refractivity contribution >= 4 is 51.9 Å². The first-order valence-corrected chi connectivity index (χ1v) is 8.18. The van der Waals surface area contributed by atoms with Crippen LogP contribution >= 0.6 is 35.4 Å². The smallest absolute Gasteiger partial charge is 0.269 e. The summed E-state index contributed by atoms with van der Waals surface area (Å²) >= 11 is 17.4. The van der Waals surface area contributed by atoms with Crippen LogP contribution in [-0.4, -0.2) is 15.7 Å². The lowest BCUT2D eigenvalue weighted by Crippen LogP contribution is -2.33. The van der Waals surface area contributed by atoms with Crippen LogP contribution in [0.5, 0.6) is 0 Å². The van der Waals surface area contributed by atoms with Crippen LogP contribution in [0.2, 0.25) is 10.0 Å². The summed E-state index contributed by atoms with van der Waals surface area (Å²) in [5, 5.41) is 15.4. The van der Waals surface area contributed by atoms with Crippen molar-refractivity contribution in [2.45, 2.75) is 12.5 Å². The molecule has 0 radical (unpaired) electrons. The summed E-state index contributed by atoms with van der Waals surface area (Å²) in [4.78, 5) is 14.7. The zero-order valence-electron chi connectivity index (χ0n) is 12.2. The number of nitrogens with zero attached hydrogens (tertiary/aromatic N) is 2. The first-order valence-electron chi connectivity index (χ1n) is 7.02. The first kappa shape index (κ1) is 16.8. The van der Waals surface area contributed by atoms with Gasteiger partial charge in [0.05, 0.1) is 16.7 Å². The summed E-state index contributed by atoms with van der Waals surface area (Å²) in [5.41, 5.74) is 2.45. The van der Waals surface area contributed by atoms with Gasteiger partial charge in [-0.05, 0) is 47.6 Å². The summed E-state index contributed by atoms with van der Waals surface area (Å²) < 4.78 is 0. The molecule has 0 aliphatic carbocycles. The van der Waals surface area contributed by atoms with Crippen LogP contribution in [0, 0.1) is 10.1 Å². The fraction of sp³-hybridized carbons (Fsp3) is 0.125. The number of aliphatic imine (C=N–C) groups is 1. The first-order chi connectivity index (χ1) is 11.4. The maximum absolute atomic E-state index is 10.8. The molecule has 0 aromatic heterocycles. The molecule has 2 aromatic rings. The number of benzene rings is 2. The number of rotatable bonds is 3. The third-order valence-corrected chi connectivity index (χ3v) is 4.45. The number of thiocarbonyl (C=S) groups is 1. The molecule has 3 rings (SSSR count). The molecule has 1 heterocycles. The summed E-state index contributed by atoms with van der Waals surface area (Å²) in [6.45, 7) is 0. The van der Waals surface area contributed by atoms with E-state index in [1.54, 1.807) is 24.3 Å². The van der Waals surface area contributed by atoms with E-state index >= 15 is 0 Å². The minimum absolute atomic E-state index is 0.0353. The molecule has 122 valence electrons. The predicted octanol–water partition coefficient (Wildman–Crippen LogP) is 4.71. The Kier molecular flexibility index (Phi) is 4.80. The topological polar surface area (TPSA) is 67.5 Å². The Bertz CT molecular complexity index is 853. The number of halogens is 2. The van der Waals surface area contributed by atoms with Crippen molar-refractivity contribution in [3.8, 4) is 0 Å². The van der Waals surface area contributed by atoms with Gasteiger partial charge < -0.3 is 5.32 Å². The Morgan fingerprint density at radius 2 is 1.92 bits per heavy atom. The van der Waals surface area contributed by atoms with Gasteiger partial charge in [0.25, 0.3) is 5.69 Å². The highest BCUT2D eigenvalue weighted by Crippen LogP contribution is 2.31. The Hall–Kier alpha value is -2.02. The van der Waals surface area contributed by atoms with Gasteiger partial charge in [-0.2, -0.15) is 0 Å². The standard InChI is InChI=1S/C16H11Cl2N3O2S/c17-10-3-6-12(13(18)7-10)15-8-14(19-16(24)20-15)9-1-4-11(5-2-9)21(22)23/h1-7,15H,8H2,(H,20,24). The maximum atomic E-state index is 10.8. The summed E-state index contributed by atoms with van der Waals surface area (Å²) in [7, 11) is 0. The van der Waals surface area contributed by atoms with Gasteiger partial charge in [0, 0.05) is 28.6 Å². The molecule has 1 atom stereocenters. The second-order valence-electron chi connectivity index (χ2n) is 5.23. The second kappa shape index (κ2) is 6.84. The highest BCUT2D eigenvalue weighted by Gasteiger charge is 2.24. The van der Waals surface area contributed by atoms with Crippen LogP contribution in [0.25, 0.3) is 0 Å². The van der Waals surface area contributed by atoms with Crippen molar-refractivity contribution in [1.82, 2.24) is 5.32 Å². The van der Waals surface area contributed by atoms with Crippen LogP contribution in [0.4, 0.5) is 5.69 Å². The number of nitro benzene ring substituents is 1. The zero-order chi connectivity index (χ0) is 17.3. The molecule has 8 heteroatoms. The molecule has 1 aliphatic rings. The van der Waals surface area contributed by atoms with Gasteiger partial charge in [-0.15, -0.1) is 0 Å². The highest BCUT2D eigenvalue weighted by molar-refractivity contribution is 7.80. The summed E-state index contributed by atoms with van der Waals surface area (Å²) in [6.07, 6.45) is 0.555. The molecule has 0 fully saturated rings. The van der Waals surface area contributed by atoms with E-state index in [0.29, 0.717) is 21.6 Å². The normalized spacial score (nSPS) is 17.2. The Balaban J connectivity index is 1.90. The molecule has 0 spiro atoms. The van der Waals surface area contributed by atoms with E-state index in [0.717, 1.165) is 16.8 Å². The third-order valence-electron chi connectivity index (χ3n) is 3.68. The minimum Gasteiger partial charge on any atom is -0.354 e. The monoisotopic (exact) mass is 379 g/mol. The van der Waals surface area contributed by atoms with Gasteiger partial charge in [0.1, 0.15) is 0 Å². The average Bonchev–Trinajstić information content (AvgIpc) is 2.54. The molecule has 0 amide bonds. The van der Waals surface area contributed by atoms with Crippen LogP contribution in [0.3, 0.4) is 0 Å². The second-order valence-corrected chi connectivity index (χ2v) is 6.46. The maximum Gasteiger partial charge on any atom is 0.269 e. The lowest BCUT2D eigenvalue weighted by molar-refractivity contribution is -0.384. The zero-order valence-corrected chi connectivity index (χ0v) is 14.5. The predicted molar refractivity (Wildman–Crippen MR) is 99.2 cm³/mol. The van der Waals surface area contributed by atoms with Crippen LogP contribution in [0.1, 0.15) is 23.6 Å². The molecule has 1 N–H and O–H groups in total. The quantitative estimate of drug-likeness (QED) is 0.476. The Labute approximate surface area is 153 Å². The third kappa shape index (κ3) is 3.56. The van der Waals surface area contributed by atoms with Crippen molar-refractivity contribution in [1.29, 1.82) is 0 Å². The number of hydrogen-bond donors (Lipinski definition) is 1. The van der Waals surface area contributed by atoms with Gasteiger partial charge in [-0.3, -0.25) is 10.1 Å². The van der Waals surface area contributed by atoms with E-state index in [-0.39, 0.29) is 11.7 Å². The van der Waals surface area contributed by atoms with Gasteiger partial charge >= 0.3 is 0 Å².